The lowest BCUT2D eigenvalue weighted by Gasteiger charge is -2.14. The smallest absolute Gasteiger partial charge is 0.194 e. The van der Waals surface area contributed by atoms with Gasteiger partial charge in [-0.15, -0.1) is 0 Å². The lowest BCUT2D eigenvalue weighted by molar-refractivity contribution is 0.104. The van der Waals surface area contributed by atoms with Crippen LogP contribution < -0.4 is 0 Å². The highest BCUT2D eigenvalue weighted by molar-refractivity contribution is 6.31. The molecule has 1 aliphatic rings. The summed E-state index contributed by atoms with van der Waals surface area (Å²) in [7, 11) is 0. The van der Waals surface area contributed by atoms with Crippen LogP contribution >= 0.6 is 23.2 Å². The number of benzene rings is 4. The maximum Gasteiger partial charge on any atom is 0.194 e. The van der Waals surface area contributed by atoms with E-state index in [0.717, 1.165) is 44.5 Å². The Balaban J connectivity index is 1.80. The van der Waals surface area contributed by atoms with Crippen molar-refractivity contribution in [2.24, 2.45) is 0 Å². The second-order valence-corrected chi connectivity index (χ2v) is 7.70. The fourth-order valence-electron chi connectivity index (χ4n) is 3.81. The van der Waals surface area contributed by atoms with Gasteiger partial charge in [0.25, 0.3) is 0 Å². The van der Waals surface area contributed by atoms with E-state index in [1.54, 1.807) is 0 Å². The van der Waals surface area contributed by atoms with Gasteiger partial charge in [-0.25, -0.2) is 0 Å². The minimum absolute atomic E-state index is 0.0727. The van der Waals surface area contributed by atoms with Gasteiger partial charge in [-0.1, -0.05) is 71.7 Å². The Bertz CT molecular complexity index is 1220. The van der Waals surface area contributed by atoms with Gasteiger partial charge < -0.3 is 0 Å². The van der Waals surface area contributed by atoms with E-state index < -0.39 is 0 Å². The van der Waals surface area contributed by atoms with Gasteiger partial charge in [0.1, 0.15) is 0 Å². The molecule has 0 fully saturated rings. The van der Waals surface area contributed by atoms with Crippen LogP contribution in [0, 0.1) is 0 Å². The van der Waals surface area contributed by atoms with Crippen molar-refractivity contribution in [3.05, 3.63) is 106 Å². The summed E-state index contributed by atoms with van der Waals surface area (Å²) in [5.74, 6) is 0.0727. The van der Waals surface area contributed by atoms with Crippen molar-refractivity contribution in [1.29, 1.82) is 0 Å². The van der Waals surface area contributed by atoms with Gasteiger partial charge in [-0.05, 0) is 69.8 Å². The first-order chi connectivity index (χ1) is 13.6. The van der Waals surface area contributed by atoms with Crippen LogP contribution in [0.1, 0.15) is 15.9 Å². The lowest BCUT2D eigenvalue weighted by atomic mass is 9.90. The monoisotopic (exact) mass is 400 g/mol. The topological polar surface area (TPSA) is 17.1 Å². The number of fused-ring (bicyclic) bond motifs is 3. The van der Waals surface area contributed by atoms with Crippen LogP contribution in [-0.2, 0) is 0 Å². The minimum Gasteiger partial charge on any atom is -0.289 e. The second kappa shape index (κ2) is 6.63. The second-order valence-electron chi connectivity index (χ2n) is 6.83. The average Bonchev–Trinajstić information content (AvgIpc) is 3.00. The van der Waals surface area contributed by atoms with Crippen molar-refractivity contribution in [2.45, 2.75) is 0 Å². The van der Waals surface area contributed by atoms with E-state index >= 15 is 0 Å². The third kappa shape index (κ3) is 2.75. The van der Waals surface area contributed by atoms with Crippen molar-refractivity contribution in [3.63, 3.8) is 0 Å². The zero-order chi connectivity index (χ0) is 19.3. The molecule has 3 heteroatoms. The molecule has 1 aliphatic carbocycles. The van der Waals surface area contributed by atoms with E-state index in [-0.39, 0.29) is 5.78 Å². The Kier molecular flexibility index (Phi) is 4.08. The summed E-state index contributed by atoms with van der Waals surface area (Å²) >= 11 is 12.2. The van der Waals surface area contributed by atoms with Crippen LogP contribution in [0.15, 0.2) is 84.9 Å². The van der Waals surface area contributed by atoms with Crippen molar-refractivity contribution < 1.29 is 4.79 Å². The van der Waals surface area contributed by atoms with Crippen molar-refractivity contribution in [3.8, 4) is 33.4 Å². The Hall–Kier alpha value is -2.87. The van der Waals surface area contributed by atoms with E-state index in [2.05, 4.69) is 6.07 Å². The van der Waals surface area contributed by atoms with Gasteiger partial charge in [0, 0.05) is 21.2 Å². The molecule has 0 spiro atoms. The Morgan fingerprint density at radius 2 is 0.929 bits per heavy atom. The zero-order valence-corrected chi connectivity index (χ0v) is 16.3. The van der Waals surface area contributed by atoms with E-state index in [9.17, 15) is 4.79 Å². The van der Waals surface area contributed by atoms with Gasteiger partial charge >= 0.3 is 0 Å². The number of halogens is 2. The van der Waals surface area contributed by atoms with Crippen molar-refractivity contribution in [2.75, 3.05) is 0 Å². The summed E-state index contributed by atoms with van der Waals surface area (Å²) < 4.78 is 0. The number of rotatable bonds is 2. The largest absolute Gasteiger partial charge is 0.289 e. The van der Waals surface area contributed by atoms with Crippen LogP contribution in [0.3, 0.4) is 0 Å². The molecule has 0 unspecified atom stereocenters. The van der Waals surface area contributed by atoms with Gasteiger partial charge in [0.05, 0.1) is 0 Å². The molecule has 0 bridgehead atoms. The Morgan fingerprint density at radius 3 is 1.46 bits per heavy atom. The SMILES string of the molecule is O=C1c2ccccc2-c2cc(-c3ccc(Cl)cc3)c(-c3ccc(Cl)cc3)cc21. The molecule has 4 aromatic rings. The summed E-state index contributed by atoms with van der Waals surface area (Å²) in [6.07, 6.45) is 0. The van der Waals surface area contributed by atoms with Crippen LogP contribution in [-0.4, -0.2) is 5.78 Å². The highest BCUT2D eigenvalue weighted by Gasteiger charge is 2.28. The molecular weight excluding hydrogens is 387 g/mol. The molecule has 134 valence electrons. The molecule has 0 amide bonds. The number of hydrogen-bond acceptors (Lipinski definition) is 1. The Labute approximate surface area is 173 Å². The summed E-state index contributed by atoms with van der Waals surface area (Å²) in [4.78, 5) is 13.0. The molecule has 0 saturated carbocycles. The number of hydrogen-bond donors (Lipinski definition) is 0. The van der Waals surface area contributed by atoms with Crippen LogP contribution in [0.4, 0.5) is 0 Å². The molecule has 1 nitrogen and oxygen atoms in total. The number of carbonyl (C=O) groups excluding carboxylic acids is 1. The lowest BCUT2D eigenvalue weighted by Crippen LogP contribution is -1.96. The summed E-state index contributed by atoms with van der Waals surface area (Å²) in [5, 5.41) is 1.37. The normalized spacial score (nSPS) is 12.0. The first-order valence-corrected chi connectivity index (χ1v) is 9.71. The summed E-state index contributed by atoms with van der Waals surface area (Å²) in [6.45, 7) is 0. The summed E-state index contributed by atoms with van der Waals surface area (Å²) in [5.41, 5.74) is 7.58. The van der Waals surface area contributed by atoms with Gasteiger partial charge in [0.15, 0.2) is 5.78 Å². The van der Waals surface area contributed by atoms with E-state index in [0.29, 0.717) is 10.0 Å². The molecule has 4 aromatic carbocycles. The first-order valence-electron chi connectivity index (χ1n) is 8.96. The van der Waals surface area contributed by atoms with Crippen LogP contribution in [0.25, 0.3) is 33.4 Å². The third-order valence-electron chi connectivity index (χ3n) is 5.17. The molecule has 28 heavy (non-hydrogen) atoms. The molecule has 5 rings (SSSR count). The van der Waals surface area contributed by atoms with Gasteiger partial charge in [-0.3, -0.25) is 4.79 Å². The average molecular weight is 401 g/mol. The molecule has 0 radical (unpaired) electrons. The van der Waals surface area contributed by atoms with Crippen molar-refractivity contribution >= 4 is 29.0 Å². The molecule has 0 aromatic heterocycles. The predicted octanol–water partition coefficient (Wildman–Crippen LogP) is 7.54. The third-order valence-corrected chi connectivity index (χ3v) is 5.68. The Morgan fingerprint density at radius 1 is 0.464 bits per heavy atom. The van der Waals surface area contributed by atoms with E-state index in [4.69, 9.17) is 23.2 Å². The van der Waals surface area contributed by atoms with Gasteiger partial charge in [-0.2, -0.15) is 0 Å². The molecule has 0 aliphatic heterocycles. The fraction of sp³-hybridized carbons (Fsp3) is 0. The quantitative estimate of drug-likeness (QED) is 0.299. The molecule has 0 heterocycles. The molecule has 0 N–H and O–H groups in total. The highest BCUT2D eigenvalue weighted by atomic mass is 35.5. The van der Waals surface area contributed by atoms with Gasteiger partial charge in [0.2, 0.25) is 0 Å². The summed E-state index contributed by atoms with van der Waals surface area (Å²) in [6, 6.07) is 27.4. The molecule has 0 atom stereocenters. The maximum atomic E-state index is 13.0. The van der Waals surface area contributed by atoms with E-state index in [1.165, 1.54) is 0 Å². The van der Waals surface area contributed by atoms with Crippen LogP contribution in [0.2, 0.25) is 10.0 Å². The highest BCUT2D eigenvalue weighted by Crippen LogP contribution is 2.43. The fourth-order valence-corrected chi connectivity index (χ4v) is 4.06. The number of carbonyl (C=O) groups is 1. The van der Waals surface area contributed by atoms with E-state index in [1.807, 2.05) is 78.9 Å². The predicted molar refractivity (Wildman–Crippen MR) is 116 cm³/mol. The molecule has 0 saturated heterocycles. The molecular formula is C25H14Cl2O. The zero-order valence-electron chi connectivity index (χ0n) is 14.7. The minimum atomic E-state index is 0.0727. The number of ketones is 1. The maximum absolute atomic E-state index is 13.0. The van der Waals surface area contributed by atoms with Crippen LogP contribution in [0.5, 0.6) is 0 Å². The first kappa shape index (κ1) is 17.2. The van der Waals surface area contributed by atoms with Crippen molar-refractivity contribution in [1.82, 2.24) is 0 Å². The standard InChI is InChI=1S/C25H14Cl2O/c26-17-9-5-15(6-10-17)21-13-23-19-3-1-2-4-20(19)25(28)24(23)14-22(21)16-7-11-18(27)12-8-16/h1-14H.